The highest BCUT2D eigenvalue weighted by molar-refractivity contribution is 6.37. The number of fused-ring (bicyclic) bond motifs is 1. The maximum absolute atomic E-state index is 12.4. The fraction of sp³-hybridized carbons (Fsp3) is 0. The van der Waals surface area contributed by atoms with Crippen molar-refractivity contribution in [3.63, 3.8) is 0 Å². The molecule has 32 heavy (non-hydrogen) atoms. The van der Waals surface area contributed by atoms with Gasteiger partial charge in [0.05, 0.1) is 21.8 Å². The van der Waals surface area contributed by atoms with Gasteiger partial charge in [-0.25, -0.2) is 10.2 Å². The highest BCUT2D eigenvalue weighted by Crippen LogP contribution is 2.34. The summed E-state index contributed by atoms with van der Waals surface area (Å²) in [5.41, 5.74) is 3.87. The number of carbonyl (C=O) groups is 2. The second-order valence-electron chi connectivity index (χ2n) is 6.83. The number of rotatable bonds is 5. The number of amides is 1. The molecule has 4 rings (SSSR count). The molecular weight excluding hydrogens is 447 g/mol. The normalized spacial score (nSPS) is 10.9. The first kappa shape index (κ1) is 21.6. The van der Waals surface area contributed by atoms with Crippen molar-refractivity contribution in [1.29, 1.82) is 0 Å². The Hall–Kier alpha value is -3.67. The minimum atomic E-state index is -0.571. The number of nitrogens with one attached hydrogen (secondary N) is 1. The van der Waals surface area contributed by atoms with Crippen molar-refractivity contribution in [3.8, 4) is 5.75 Å². The zero-order valence-electron chi connectivity index (χ0n) is 16.6. The number of hydrazone groups is 1. The van der Waals surface area contributed by atoms with Gasteiger partial charge in [0.1, 0.15) is 0 Å². The number of carbonyl (C=O) groups excluding carboxylic acids is 2. The Morgan fingerprint density at radius 1 is 0.781 bits per heavy atom. The molecule has 0 aliphatic rings. The van der Waals surface area contributed by atoms with Crippen molar-refractivity contribution in [3.05, 3.63) is 112 Å². The third kappa shape index (κ3) is 4.97. The Morgan fingerprint density at radius 2 is 1.44 bits per heavy atom. The van der Waals surface area contributed by atoms with Crippen LogP contribution in [0.2, 0.25) is 10.0 Å². The van der Waals surface area contributed by atoms with Crippen LogP contribution in [0, 0.1) is 0 Å². The van der Waals surface area contributed by atoms with Crippen LogP contribution in [0.1, 0.15) is 26.3 Å². The van der Waals surface area contributed by atoms with Gasteiger partial charge in [0.25, 0.3) is 5.91 Å². The van der Waals surface area contributed by atoms with Crippen LogP contribution >= 0.6 is 23.2 Å². The quantitative estimate of drug-likeness (QED) is 0.168. The molecule has 0 saturated carbocycles. The molecular formula is C25H16Cl2N2O3. The molecule has 4 aromatic carbocycles. The molecule has 5 nitrogen and oxygen atoms in total. The lowest BCUT2D eigenvalue weighted by Crippen LogP contribution is -2.17. The molecule has 0 heterocycles. The van der Waals surface area contributed by atoms with Gasteiger partial charge in [-0.3, -0.25) is 4.79 Å². The molecule has 0 aromatic heterocycles. The smallest absolute Gasteiger partial charge is 0.343 e. The van der Waals surface area contributed by atoms with Crippen molar-refractivity contribution in [2.45, 2.75) is 0 Å². The lowest BCUT2D eigenvalue weighted by Gasteiger charge is -2.09. The van der Waals surface area contributed by atoms with Crippen LogP contribution in [-0.4, -0.2) is 18.1 Å². The summed E-state index contributed by atoms with van der Waals surface area (Å²) in [6.45, 7) is 0. The fourth-order valence-corrected chi connectivity index (χ4v) is 3.62. The van der Waals surface area contributed by atoms with Crippen LogP contribution in [0.3, 0.4) is 0 Å². The summed E-state index contributed by atoms with van der Waals surface area (Å²) < 4.78 is 5.34. The van der Waals surface area contributed by atoms with Crippen molar-refractivity contribution < 1.29 is 14.3 Å². The molecule has 158 valence electrons. The number of ether oxygens (including phenoxy) is 1. The molecule has 0 aliphatic heterocycles. The summed E-state index contributed by atoms with van der Waals surface area (Å²) in [5, 5.41) is 6.26. The van der Waals surface area contributed by atoms with Crippen LogP contribution in [0.15, 0.2) is 90.0 Å². The van der Waals surface area contributed by atoms with E-state index in [2.05, 4.69) is 10.5 Å². The van der Waals surface area contributed by atoms with Gasteiger partial charge in [0.2, 0.25) is 0 Å². The number of benzene rings is 4. The van der Waals surface area contributed by atoms with Gasteiger partial charge in [-0.15, -0.1) is 0 Å². The molecule has 0 radical (unpaired) electrons. The number of hydrogen-bond acceptors (Lipinski definition) is 4. The Kier molecular flexibility index (Phi) is 6.50. The first-order chi connectivity index (χ1) is 15.5. The van der Waals surface area contributed by atoms with Gasteiger partial charge in [0.15, 0.2) is 5.75 Å². The molecule has 0 atom stereocenters. The summed E-state index contributed by atoms with van der Waals surface area (Å²) in [5.74, 6) is -0.865. The van der Waals surface area contributed by atoms with Crippen LogP contribution in [0.4, 0.5) is 0 Å². The van der Waals surface area contributed by atoms with E-state index in [9.17, 15) is 9.59 Å². The van der Waals surface area contributed by atoms with Crippen LogP contribution < -0.4 is 10.2 Å². The average Bonchev–Trinajstić information content (AvgIpc) is 2.81. The van der Waals surface area contributed by atoms with Gasteiger partial charge in [0, 0.05) is 5.56 Å². The zero-order valence-corrected chi connectivity index (χ0v) is 18.1. The van der Waals surface area contributed by atoms with E-state index in [1.807, 2.05) is 30.3 Å². The third-order valence-corrected chi connectivity index (χ3v) is 5.18. The van der Waals surface area contributed by atoms with E-state index in [1.165, 1.54) is 18.3 Å². The van der Waals surface area contributed by atoms with Crippen LogP contribution in [0.25, 0.3) is 10.8 Å². The molecule has 1 amide bonds. The van der Waals surface area contributed by atoms with E-state index in [-0.39, 0.29) is 21.7 Å². The Labute approximate surface area is 194 Å². The van der Waals surface area contributed by atoms with Crippen molar-refractivity contribution >= 4 is 52.1 Å². The average molecular weight is 463 g/mol. The number of nitrogens with zero attached hydrogens (tertiary/aromatic N) is 1. The lowest BCUT2D eigenvalue weighted by molar-refractivity contribution is 0.0734. The van der Waals surface area contributed by atoms with E-state index in [4.69, 9.17) is 27.9 Å². The predicted molar refractivity (Wildman–Crippen MR) is 127 cm³/mol. The zero-order chi connectivity index (χ0) is 22.5. The van der Waals surface area contributed by atoms with Gasteiger partial charge >= 0.3 is 5.97 Å². The van der Waals surface area contributed by atoms with Gasteiger partial charge in [-0.05, 0) is 52.7 Å². The summed E-state index contributed by atoms with van der Waals surface area (Å²) in [4.78, 5) is 24.6. The second kappa shape index (κ2) is 9.64. The molecule has 0 fully saturated rings. The van der Waals surface area contributed by atoms with Crippen molar-refractivity contribution in [2.24, 2.45) is 5.10 Å². The maximum atomic E-state index is 12.4. The standard InChI is InChI=1S/C25H16Cl2N2O3/c26-21-12-16(13-22(27)23(21)32-25(31)18-7-2-1-3-8-18)15-28-29-24(30)20-11-10-17-6-4-5-9-19(17)14-20/h1-15H,(H,29,30)/b28-15-. The highest BCUT2D eigenvalue weighted by atomic mass is 35.5. The Morgan fingerprint density at radius 3 is 2.16 bits per heavy atom. The lowest BCUT2D eigenvalue weighted by atomic mass is 10.1. The monoisotopic (exact) mass is 462 g/mol. The van der Waals surface area contributed by atoms with Crippen LogP contribution in [0.5, 0.6) is 5.75 Å². The highest BCUT2D eigenvalue weighted by Gasteiger charge is 2.15. The van der Waals surface area contributed by atoms with E-state index in [0.29, 0.717) is 16.7 Å². The van der Waals surface area contributed by atoms with Gasteiger partial charge in [-0.1, -0.05) is 71.7 Å². The topological polar surface area (TPSA) is 67.8 Å². The first-order valence-corrected chi connectivity index (χ1v) is 10.4. The van der Waals surface area contributed by atoms with Crippen molar-refractivity contribution in [1.82, 2.24) is 5.43 Å². The Bertz CT molecular complexity index is 1310. The predicted octanol–water partition coefficient (Wildman–Crippen LogP) is 6.13. The number of halogens is 2. The summed E-state index contributed by atoms with van der Waals surface area (Å²) >= 11 is 12.5. The minimum absolute atomic E-state index is 0.0551. The molecule has 0 bridgehead atoms. The molecule has 0 aliphatic carbocycles. The molecule has 7 heteroatoms. The van der Waals surface area contributed by atoms with E-state index in [1.54, 1.807) is 42.5 Å². The fourth-order valence-electron chi connectivity index (χ4n) is 3.04. The van der Waals surface area contributed by atoms with Crippen molar-refractivity contribution in [2.75, 3.05) is 0 Å². The van der Waals surface area contributed by atoms with E-state index < -0.39 is 5.97 Å². The molecule has 0 saturated heterocycles. The largest absolute Gasteiger partial charge is 0.420 e. The van der Waals surface area contributed by atoms with Gasteiger partial charge in [-0.2, -0.15) is 5.10 Å². The molecule has 4 aromatic rings. The SMILES string of the molecule is O=C(N/N=C\c1cc(Cl)c(OC(=O)c2ccccc2)c(Cl)c1)c1ccc2ccccc2c1. The number of esters is 1. The van der Waals surface area contributed by atoms with Crippen LogP contribution in [-0.2, 0) is 0 Å². The molecule has 0 spiro atoms. The van der Waals surface area contributed by atoms with E-state index in [0.717, 1.165) is 10.8 Å². The van der Waals surface area contributed by atoms with Gasteiger partial charge < -0.3 is 4.74 Å². The van der Waals surface area contributed by atoms with E-state index >= 15 is 0 Å². The summed E-state index contributed by atoms with van der Waals surface area (Å²) in [6.07, 6.45) is 1.40. The molecule has 1 N–H and O–H groups in total. The maximum Gasteiger partial charge on any atom is 0.343 e. The second-order valence-corrected chi connectivity index (χ2v) is 7.64. The first-order valence-electron chi connectivity index (χ1n) is 9.60. The molecule has 0 unspecified atom stereocenters. The number of hydrogen-bond donors (Lipinski definition) is 1. The Balaban J connectivity index is 1.44. The minimum Gasteiger partial charge on any atom is -0.420 e. The summed E-state index contributed by atoms with van der Waals surface area (Å²) in [6, 6.07) is 24.7. The third-order valence-electron chi connectivity index (χ3n) is 4.62. The summed E-state index contributed by atoms with van der Waals surface area (Å²) in [7, 11) is 0.